The monoisotopic (exact) mass is 232 g/mol. The molecule has 0 saturated carbocycles. The minimum Gasteiger partial charge on any atom is -0.342 e. The van der Waals surface area contributed by atoms with Crippen molar-refractivity contribution in [2.45, 2.75) is 19.9 Å². The van der Waals surface area contributed by atoms with Gasteiger partial charge in [0, 0.05) is 33.3 Å². The van der Waals surface area contributed by atoms with E-state index in [9.17, 15) is 9.59 Å². The Hall–Kier alpha value is -1.84. The van der Waals surface area contributed by atoms with E-state index in [0.29, 0.717) is 13.0 Å². The van der Waals surface area contributed by atoms with Gasteiger partial charge in [0.05, 0.1) is 6.42 Å². The van der Waals surface area contributed by atoms with Crippen molar-refractivity contribution < 1.29 is 9.59 Å². The van der Waals surface area contributed by atoms with Gasteiger partial charge < -0.3 is 9.80 Å². The standard InChI is InChI=1S/C13H16N2O2/c1-9(16)14(2)8-10-4-5-12-11(6-10)7-13(17)15(12)3/h4-6H,7-8H2,1-3H3. The Morgan fingerprint density at radius 1 is 1.47 bits per heavy atom. The van der Waals surface area contributed by atoms with Crippen LogP contribution in [0.25, 0.3) is 0 Å². The number of benzene rings is 1. The van der Waals surface area contributed by atoms with Crippen LogP contribution < -0.4 is 4.90 Å². The maximum Gasteiger partial charge on any atom is 0.231 e. The first-order valence-corrected chi connectivity index (χ1v) is 5.59. The fourth-order valence-electron chi connectivity index (χ4n) is 2.01. The molecule has 1 aromatic carbocycles. The molecule has 17 heavy (non-hydrogen) atoms. The van der Waals surface area contributed by atoms with Crippen LogP contribution >= 0.6 is 0 Å². The Morgan fingerprint density at radius 3 is 2.82 bits per heavy atom. The molecule has 0 saturated heterocycles. The van der Waals surface area contributed by atoms with Crippen LogP contribution in [0.15, 0.2) is 18.2 Å². The summed E-state index contributed by atoms with van der Waals surface area (Å²) >= 11 is 0. The predicted octanol–water partition coefficient (Wildman–Crippen LogP) is 1.18. The van der Waals surface area contributed by atoms with Gasteiger partial charge in [-0.05, 0) is 17.2 Å². The van der Waals surface area contributed by atoms with Gasteiger partial charge in [0.15, 0.2) is 0 Å². The van der Waals surface area contributed by atoms with Gasteiger partial charge in [-0.1, -0.05) is 12.1 Å². The van der Waals surface area contributed by atoms with Gasteiger partial charge in [-0.15, -0.1) is 0 Å². The topological polar surface area (TPSA) is 40.6 Å². The second-order valence-corrected chi connectivity index (χ2v) is 4.47. The highest BCUT2D eigenvalue weighted by Gasteiger charge is 2.23. The third-order valence-electron chi connectivity index (χ3n) is 3.18. The fraction of sp³-hybridized carbons (Fsp3) is 0.385. The maximum absolute atomic E-state index is 11.5. The predicted molar refractivity (Wildman–Crippen MR) is 65.7 cm³/mol. The summed E-state index contributed by atoms with van der Waals surface area (Å²) in [5.41, 5.74) is 3.08. The summed E-state index contributed by atoms with van der Waals surface area (Å²) in [7, 11) is 3.56. The minimum atomic E-state index is 0.0405. The first-order chi connectivity index (χ1) is 7.99. The van der Waals surface area contributed by atoms with Crippen molar-refractivity contribution in [1.82, 2.24) is 4.90 Å². The Morgan fingerprint density at radius 2 is 2.18 bits per heavy atom. The van der Waals surface area contributed by atoms with Crippen molar-refractivity contribution in [2.75, 3.05) is 19.0 Å². The Balaban J connectivity index is 2.21. The van der Waals surface area contributed by atoms with E-state index in [2.05, 4.69) is 0 Å². The lowest BCUT2D eigenvalue weighted by atomic mass is 10.1. The lowest BCUT2D eigenvalue weighted by molar-refractivity contribution is -0.128. The molecule has 1 aliphatic heterocycles. The lowest BCUT2D eigenvalue weighted by Gasteiger charge is -2.16. The van der Waals surface area contributed by atoms with Crippen LogP contribution in [0, 0.1) is 0 Å². The normalized spacial score (nSPS) is 13.8. The Bertz CT molecular complexity index is 482. The molecule has 4 nitrogen and oxygen atoms in total. The first-order valence-electron chi connectivity index (χ1n) is 5.59. The molecule has 1 aliphatic rings. The summed E-state index contributed by atoms with van der Waals surface area (Å²) in [5.74, 6) is 0.163. The second kappa shape index (κ2) is 4.20. The van der Waals surface area contributed by atoms with E-state index >= 15 is 0 Å². The molecule has 0 N–H and O–H groups in total. The number of rotatable bonds is 2. The molecule has 2 rings (SSSR count). The number of carbonyl (C=O) groups excluding carboxylic acids is 2. The van der Waals surface area contributed by atoms with Crippen LogP contribution in [-0.2, 0) is 22.6 Å². The third kappa shape index (κ3) is 2.16. The quantitative estimate of drug-likeness (QED) is 0.768. The second-order valence-electron chi connectivity index (χ2n) is 4.47. The summed E-state index contributed by atoms with van der Waals surface area (Å²) in [6.45, 7) is 2.13. The van der Waals surface area contributed by atoms with Crippen LogP contribution in [0.1, 0.15) is 18.1 Å². The molecule has 0 atom stereocenters. The smallest absolute Gasteiger partial charge is 0.231 e. The zero-order valence-electron chi connectivity index (χ0n) is 10.4. The molecule has 0 bridgehead atoms. The summed E-state index contributed by atoms with van der Waals surface area (Å²) in [5, 5.41) is 0. The lowest BCUT2D eigenvalue weighted by Crippen LogP contribution is -2.23. The number of anilines is 1. The van der Waals surface area contributed by atoms with Gasteiger partial charge in [-0.3, -0.25) is 9.59 Å². The molecule has 90 valence electrons. The van der Waals surface area contributed by atoms with E-state index in [1.54, 1.807) is 30.8 Å². The van der Waals surface area contributed by atoms with Crippen LogP contribution in [0.5, 0.6) is 0 Å². The summed E-state index contributed by atoms with van der Waals surface area (Å²) < 4.78 is 0. The summed E-state index contributed by atoms with van der Waals surface area (Å²) in [4.78, 5) is 26.0. The molecule has 1 aromatic rings. The number of likely N-dealkylation sites (N-methyl/N-ethyl adjacent to an activating group) is 1. The molecule has 2 amide bonds. The van der Waals surface area contributed by atoms with Crippen LogP contribution in [-0.4, -0.2) is 30.8 Å². The molecule has 4 heteroatoms. The number of amides is 2. The van der Waals surface area contributed by atoms with E-state index in [4.69, 9.17) is 0 Å². The van der Waals surface area contributed by atoms with Crippen molar-refractivity contribution in [3.63, 3.8) is 0 Å². The Kier molecular flexibility index (Phi) is 2.88. The zero-order valence-corrected chi connectivity index (χ0v) is 10.4. The van der Waals surface area contributed by atoms with E-state index in [1.807, 2.05) is 18.2 Å². The average molecular weight is 232 g/mol. The van der Waals surface area contributed by atoms with Gasteiger partial charge in [0.25, 0.3) is 0 Å². The van der Waals surface area contributed by atoms with E-state index in [0.717, 1.165) is 16.8 Å². The van der Waals surface area contributed by atoms with Gasteiger partial charge in [-0.25, -0.2) is 0 Å². The SMILES string of the molecule is CC(=O)N(C)Cc1ccc2c(c1)CC(=O)N2C. The van der Waals surface area contributed by atoms with Crippen LogP contribution in [0.3, 0.4) is 0 Å². The molecule has 0 spiro atoms. The van der Waals surface area contributed by atoms with Crippen molar-refractivity contribution in [2.24, 2.45) is 0 Å². The molecule has 0 unspecified atom stereocenters. The number of nitrogens with zero attached hydrogens (tertiary/aromatic N) is 2. The minimum absolute atomic E-state index is 0.0405. The molecule has 0 fully saturated rings. The van der Waals surface area contributed by atoms with Crippen molar-refractivity contribution in [1.29, 1.82) is 0 Å². The van der Waals surface area contributed by atoms with Gasteiger partial charge >= 0.3 is 0 Å². The fourth-order valence-corrected chi connectivity index (χ4v) is 2.01. The third-order valence-corrected chi connectivity index (χ3v) is 3.18. The van der Waals surface area contributed by atoms with Crippen LogP contribution in [0.4, 0.5) is 5.69 Å². The highest BCUT2D eigenvalue weighted by molar-refractivity contribution is 6.00. The van der Waals surface area contributed by atoms with Gasteiger partial charge in [0.2, 0.25) is 11.8 Å². The molecule has 0 aliphatic carbocycles. The largest absolute Gasteiger partial charge is 0.342 e. The molecule has 1 heterocycles. The number of hydrogen-bond acceptors (Lipinski definition) is 2. The van der Waals surface area contributed by atoms with Crippen molar-refractivity contribution in [3.05, 3.63) is 29.3 Å². The molecular formula is C13H16N2O2. The summed E-state index contributed by atoms with van der Waals surface area (Å²) in [6, 6.07) is 5.92. The number of hydrogen-bond donors (Lipinski definition) is 0. The van der Waals surface area contributed by atoms with E-state index < -0.39 is 0 Å². The Labute approximate surface area is 101 Å². The average Bonchev–Trinajstić information content (AvgIpc) is 2.54. The zero-order chi connectivity index (χ0) is 12.6. The van der Waals surface area contributed by atoms with Crippen molar-refractivity contribution >= 4 is 17.5 Å². The van der Waals surface area contributed by atoms with Crippen LogP contribution in [0.2, 0.25) is 0 Å². The van der Waals surface area contributed by atoms with Gasteiger partial charge in [0.1, 0.15) is 0 Å². The molecule has 0 aromatic heterocycles. The van der Waals surface area contributed by atoms with Gasteiger partial charge in [-0.2, -0.15) is 0 Å². The highest BCUT2D eigenvalue weighted by atomic mass is 16.2. The maximum atomic E-state index is 11.5. The van der Waals surface area contributed by atoms with E-state index in [1.165, 1.54) is 0 Å². The molecule has 0 radical (unpaired) electrons. The molecular weight excluding hydrogens is 216 g/mol. The first kappa shape index (κ1) is 11.6. The highest BCUT2D eigenvalue weighted by Crippen LogP contribution is 2.28. The summed E-state index contributed by atoms with van der Waals surface area (Å²) in [6.07, 6.45) is 0.462. The number of carbonyl (C=O) groups is 2. The van der Waals surface area contributed by atoms with Crippen molar-refractivity contribution in [3.8, 4) is 0 Å². The number of fused-ring (bicyclic) bond motifs is 1. The van der Waals surface area contributed by atoms with E-state index in [-0.39, 0.29) is 11.8 Å².